The van der Waals surface area contributed by atoms with E-state index in [2.05, 4.69) is 5.32 Å². The van der Waals surface area contributed by atoms with Gasteiger partial charge in [-0.15, -0.1) is 0 Å². The molecule has 5 nitrogen and oxygen atoms in total. The molecule has 1 saturated carbocycles. The zero-order valence-corrected chi connectivity index (χ0v) is 12.9. The van der Waals surface area contributed by atoms with Crippen molar-refractivity contribution in [3.8, 4) is 5.75 Å². The number of hydrogen-bond donors (Lipinski definition) is 1. The number of nitrogens with zero attached hydrogens (tertiary/aromatic N) is 1. The molecule has 0 spiro atoms. The van der Waals surface area contributed by atoms with Crippen LogP contribution in [0.1, 0.15) is 32.6 Å². The number of carbonyl (C=O) groups is 2. The molecular weight excluding hydrogens is 280 g/mol. The van der Waals surface area contributed by atoms with E-state index < -0.39 is 5.41 Å². The minimum Gasteiger partial charge on any atom is -0.492 e. The summed E-state index contributed by atoms with van der Waals surface area (Å²) in [4.78, 5) is 27.1. The van der Waals surface area contributed by atoms with E-state index in [0.29, 0.717) is 30.9 Å². The van der Waals surface area contributed by atoms with Crippen LogP contribution in [-0.4, -0.2) is 36.4 Å². The van der Waals surface area contributed by atoms with Crippen LogP contribution in [0.3, 0.4) is 0 Å². The summed E-state index contributed by atoms with van der Waals surface area (Å²) in [6, 6.07) is 7.34. The lowest BCUT2D eigenvalue weighted by molar-refractivity contribution is -0.141. The van der Waals surface area contributed by atoms with E-state index in [-0.39, 0.29) is 11.8 Å². The molecule has 1 saturated heterocycles. The summed E-state index contributed by atoms with van der Waals surface area (Å²) in [6.07, 6.45) is 3.36. The van der Waals surface area contributed by atoms with Gasteiger partial charge >= 0.3 is 0 Å². The fraction of sp³-hybridized carbons (Fsp3) is 0.529. The Labute approximate surface area is 130 Å². The monoisotopic (exact) mass is 302 g/mol. The Hall–Kier alpha value is -2.04. The van der Waals surface area contributed by atoms with Crippen molar-refractivity contribution in [2.45, 2.75) is 32.6 Å². The molecule has 1 aromatic carbocycles. The molecular formula is C17H22N2O3. The number of nitrogens with one attached hydrogen (secondary N) is 1. The van der Waals surface area contributed by atoms with E-state index in [9.17, 15) is 9.59 Å². The second kappa shape index (κ2) is 5.99. The predicted octanol–water partition coefficient (Wildman–Crippen LogP) is 2.43. The lowest BCUT2D eigenvalue weighted by Crippen LogP contribution is -2.41. The van der Waals surface area contributed by atoms with Crippen LogP contribution in [0.2, 0.25) is 0 Å². The third-order valence-electron chi connectivity index (χ3n) is 4.42. The third-order valence-corrected chi connectivity index (χ3v) is 4.42. The Morgan fingerprint density at radius 1 is 1.23 bits per heavy atom. The van der Waals surface area contributed by atoms with Gasteiger partial charge in [0.05, 0.1) is 12.3 Å². The minimum absolute atomic E-state index is 0.00334. The van der Waals surface area contributed by atoms with Gasteiger partial charge in [0, 0.05) is 13.1 Å². The van der Waals surface area contributed by atoms with Crippen LogP contribution in [0.15, 0.2) is 24.3 Å². The van der Waals surface area contributed by atoms with Gasteiger partial charge in [-0.2, -0.15) is 0 Å². The molecule has 1 N–H and O–H groups in total. The van der Waals surface area contributed by atoms with Crippen molar-refractivity contribution in [3.05, 3.63) is 24.3 Å². The number of benzene rings is 1. The van der Waals surface area contributed by atoms with E-state index in [0.717, 1.165) is 25.9 Å². The first-order valence-corrected chi connectivity index (χ1v) is 8.00. The highest BCUT2D eigenvalue weighted by Gasteiger charge is 2.58. The lowest BCUT2D eigenvalue weighted by Gasteiger charge is -2.22. The molecule has 2 amide bonds. The number of carbonyl (C=O) groups excluding carboxylic acids is 2. The van der Waals surface area contributed by atoms with Crippen LogP contribution in [0.25, 0.3) is 0 Å². The van der Waals surface area contributed by atoms with Crippen molar-refractivity contribution in [1.82, 2.24) is 4.90 Å². The van der Waals surface area contributed by atoms with Crippen LogP contribution in [0.4, 0.5) is 5.69 Å². The van der Waals surface area contributed by atoms with Gasteiger partial charge in [0.15, 0.2) is 0 Å². The van der Waals surface area contributed by atoms with Gasteiger partial charge in [0.25, 0.3) is 0 Å². The first-order chi connectivity index (χ1) is 10.7. The van der Waals surface area contributed by atoms with Crippen LogP contribution in [0.5, 0.6) is 5.75 Å². The molecule has 1 heterocycles. The molecule has 22 heavy (non-hydrogen) atoms. The second-order valence-electron chi connectivity index (χ2n) is 5.96. The van der Waals surface area contributed by atoms with Crippen LogP contribution < -0.4 is 10.1 Å². The Kier molecular flexibility index (Phi) is 4.05. The fourth-order valence-corrected chi connectivity index (χ4v) is 2.98. The molecule has 0 radical (unpaired) electrons. The van der Waals surface area contributed by atoms with E-state index >= 15 is 0 Å². The molecule has 5 heteroatoms. The number of hydrogen-bond acceptors (Lipinski definition) is 3. The van der Waals surface area contributed by atoms with Crippen LogP contribution >= 0.6 is 0 Å². The minimum atomic E-state index is -0.844. The van der Waals surface area contributed by atoms with E-state index in [4.69, 9.17) is 4.74 Å². The van der Waals surface area contributed by atoms with Gasteiger partial charge < -0.3 is 15.0 Å². The second-order valence-corrected chi connectivity index (χ2v) is 5.96. The highest BCUT2D eigenvalue weighted by atomic mass is 16.5. The number of likely N-dealkylation sites (tertiary alicyclic amines) is 1. The first kappa shape index (κ1) is 14.9. The Morgan fingerprint density at radius 3 is 2.55 bits per heavy atom. The van der Waals surface area contributed by atoms with Gasteiger partial charge in [-0.3, -0.25) is 9.59 Å². The number of amides is 2. The van der Waals surface area contributed by atoms with E-state index in [1.165, 1.54) is 0 Å². The normalized spacial score (nSPS) is 18.9. The molecule has 0 unspecified atom stereocenters. The van der Waals surface area contributed by atoms with Gasteiger partial charge in [0.1, 0.15) is 11.2 Å². The Morgan fingerprint density at radius 2 is 1.91 bits per heavy atom. The highest BCUT2D eigenvalue weighted by molar-refractivity contribution is 6.13. The zero-order valence-electron chi connectivity index (χ0n) is 12.9. The van der Waals surface area contributed by atoms with Crippen molar-refractivity contribution in [2.75, 3.05) is 25.0 Å². The summed E-state index contributed by atoms with van der Waals surface area (Å²) < 4.78 is 5.52. The smallest absolute Gasteiger partial charge is 0.240 e. The molecule has 2 fully saturated rings. The summed E-state index contributed by atoms with van der Waals surface area (Å²) in [5.41, 5.74) is -0.209. The SMILES string of the molecule is CCOc1ccccc1NC(=O)C1(C(=O)N2CCCC2)CC1. The van der Waals surface area contributed by atoms with Gasteiger partial charge in [-0.05, 0) is 44.7 Å². The zero-order chi connectivity index (χ0) is 15.6. The number of anilines is 1. The van der Waals surface area contributed by atoms with Crippen LogP contribution in [0, 0.1) is 5.41 Å². The van der Waals surface area contributed by atoms with E-state index in [1.807, 2.05) is 30.0 Å². The van der Waals surface area contributed by atoms with Crippen molar-refractivity contribution in [1.29, 1.82) is 0 Å². The maximum absolute atomic E-state index is 12.6. The average molecular weight is 302 g/mol. The summed E-state index contributed by atoms with van der Waals surface area (Å²) in [5.74, 6) is 0.440. The molecule has 1 aromatic rings. The summed E-state index contributed by atoms with van der Waals surface area (Å²) in [7, 11) is 0. The molecule has 1 aliphatic heterocycles. The van der Waals surface area contributed by atoms with E-state index in [1.54, 1.807) is 6.07 Å². The quantitative estimate of drug-likeness (QED) is 0.850. The average Bonchev–Trinajstić information content (AvgIpc) is 3.16. The van der Waals surface area contributed by atoms with Crippen molar-refractivity contribution in [2.24, 2.45) is 5.41 Å². The fourth-order valence-electron chi connectivity index (χ4n) is 2.98. The number of rotatable bonds is 5. The molecule has 2 aliphatic rings. The Balaban J connectivity index is 1.73. The highest BCUT2D eigenvalue weighted by Crippen LogP contribution is 2.49. The number of ether oxygens (including phenoxy) is 1. The largest absolute Gasteiger partial charge is 0.492 e. The van der Waals surface area contributed by atoms with Gasteiger partial charge in [0.2, 0.25) is 11.8 Å². The summed E-state index contributed by atoms with van der Waals surface area (Å²) in [6.45, 7) is 4.00. The van der Waals surface area contributed by atoms with Crippen molar-refractivity contribution in [3.63, 3.8) is 0 Å². The Bertz CT molecular complexity index is 575. The first-order valence-electron chi connectivity index (χ1n) is 8.00. The maximum Gasteiger partial charge on any atom is 0.240 e. The van der Waals surface area contributed by atoms with Crippen molar-refractivity contribution < 1.29 is 14.3 Å². The van der Waals surface area contributed by atoms with Gasteiger partial charge in [-0.1, -0.05) is 12.1 Å². The summed E-state index contributed by atoms with van der Waals surface area (Å²) in [5, 5.41) is 2.89. The van der Waals surface area contributed by atoms with Gasteiger partial charge in [-0.25, -0.2) is 0 Å². The maximum atomic E-state index is 12.6. The third kappa shape index (κ3) is 2.67. The lowest BCUT2D eigenvalue weighted by atomic mass is 10.0. The van der Waals surface area contributed by atoms with Crippen LogP contribution in [-0.2, 0) is 9.59 Å². The molecule has 0 aromatic heterocycles. The molecule has 1 aliphatic carbocycles. The number of para-hydroxylation sites is 2. The standard InChI is InChI=1S/C17H22N2O3/c1-2-22-14-8-4-3-7-13(14)18-15(20)17(9-10-17)16(21)19-11-5-6-12-19/h3-4,7-8H,2,5-6,9-12H2,1H3,(H,18,20). The van der Waals surface area contributed by atoms with Crippen molar-refractivity contribution >= 4 is 17.5 Å². The predicted molar refractivity (Wildman–Crippen MR) is 83.7 cm³/mol. The molecule has 0 atom stereocenters. The topological polar surface area (TPSA) is 58.6 Å². The molecule has 3 rings (SSSR count). The molecule has 118 valence electrons. The summed E-state index contributed by atoms with van der Waals surface area (Å²) >= 11 is 0. The molecule has 0 bridgehead atoms.